The van der Waals surface area contributed by atoms with Gasteiger partial charge in [0.2, 0.25) is 5.91 Å². The summed E-state index contributed by atoms with van der Waals surface area (Å²) in [5.41, 5.74) is -3.69. The number of benzene rings is 3. The van der Waals surface area contributed by atoms with Crippen LogP contribution < -0.4 is 16.0 Å². The highest BCUT2D eigenvalue weighted by Crippen LogP contribution is 2.65. The Balaban J connectivity index is 1.32. The molecule has 1 aromatic heterocycles. The smallest absolute Gasteiger partial charge is 0.364 e. The van der Waals surface area contributed by atoms with E-state index in [-0.39, 0.29) is 27.5 Å². The van der Waals surface area contributed by atoms with Gasteiger partial charge in [-0.05, 0) is 48.0 Å². The Hall–Kier alpha value is -4.27. The summed E-state index contributed by atoms with van der Waals surface area (Å²) in [6.45, 7) is 0. The Morgan fingerprint density at radius 3 is 2.24 bits per heavy atom. The minimum absolute atomic E-state index is 0.0282. The zero-order valence-electron chi connectivity index (χ0n) is 21.9. The highest BCUT2D eigenvalue weighted by atomic mass is 35.5. The SMILES string of the molecule is O=C(Nc1c(F)ccc(NC(=O)c2cc(NC(=O)[C@H]3[C@H](c4ccc(F)c(C(F)(F)F)c4)C3(Cl)Cl)ccc2Cl)c1F)c1ccon1. The van der Waals surface area contributed by atoms with Crippen molar-refractivity contribution in [3.63, 3.8) is 0 Å². The first-order chi connectivity index (χ1) is 21.1. The highest BCUT2D eigenvalue weighted by Gasteiger charge is 2.67. The summed E-state index contributed by atoms with van der Waals surface area (Å²) in [6, 6.07) is 8.58. The molecular weight excluding hydrogens is 677 g/mol. The van der Waals surface area contributed by atoms with E-state index >= 15 is 4.39 Å². The maximum atomic E-state index is 15.1. The van der Waals surface area contributed by atoms with Gasteiger partial charge in [0.05, 0.1) is 27.8 Å². The number of nitrogens with zero attached hydrogens (tertiary/aromatic N) is 1. The van der Waals surface area contributed by atoms with Crippen LogP contribution in [0.15, 0.2) is 65.4 Å². The molecule has 0 spiro atoms. The van der Waals surface area contributed by atoms with E-state index in [4.69, 9.17) is 34.8 Å². The molecule has 1 fully saturated rings. The van der Waals surface area contributed by atoms with Gasteiger partial charge in [0, 0.05) is 17.7 Å². The Labute approximate surface area is 263 Å². The van der Waals surface area contributed by atoms with Crippen LogP contribution in [-0.2, 0) is 11.0 Å². The van der Waals surface area contributed by atoms with Crippen molar-refractivity contribution in [3.05, 3.63) is 106 Å². The summed E-state index contributed by atoms with van der Waals surface area (Å²) in [6.07, 6.45) is -3.93. The van der Waals surface area contributed by atoms with Gasteiger partial charge in [0.1, 0.15) is 27.9 Å². The van der Waals surface area contributed by atoms with Crippen LogP contribution in [-0.4, -0.2) is 27.2 Å². The monoisotopic (exact) mass is 690 g/mol. The molecule has 0 unspecified atom stereocenters. The van der Waals surface area contributed by atoms with Crippen LogP contribution in [0.3, 0.4) is 0 Å². The van der Waals surface area contributed by atoms with Gasteiger partial charge >= 0.3 is 6.18 Å². The van der Waals surface area contributed by atoms with E-state index in [0.717, 1.165) is 36.6 Å². The predicted molar refractivity (Wildman–Crippen MR) is 151 cm³/mol. The predicted octanol–water partition coefficient (Wildman–Crippen LogP) is 7.79. The van der Waals surface area contributed by atoms with Crippen molar-refractivity contribution in [1.82, 2.24) is 5.16 Å². The number of amides is 3. The van der Waals surface area contributed by atoms with Gasteiger partial charge in [-0.3, -0.25) is 14.4 Å². The molecule has 1 saturated carbocycles. The number of hydrogen-bond donors (Lipinski definition) is 3. The lowest BCUT2D eigenvalue weighted by atomic mass is 10.0. The molecule has 1 heterocycles. The molecule has 8 nitrogen and oxygen atoms in total. The summed E-state index contributed by atoms with van der Waals surface area (Å²) in [7, 11) is 0. The summed E-state index contributed by atoms with van der Waals surface area (Å²) >= 11 is 18.6. The Morgan fingerprint density at radius 1 is 0.867 bits per heavy atom. The largest absolute Gasteiger partial charge is 0.419 e. The van der Waals surface area contributed by atoms with Crippen molar-refractivity contribution in [2.45, 2.75) is 16.4 Å². The second-order valence-corrected chi connectivity index (χ2v) is 11.5. The first-order valence-corrected chi connectivity index (χ1v) is 13.6. The minimum Gasteiger partial charge on any atom is -0.364 e. The first kappa shape index (κ1) is 32.1. The lowest BCUT2D eigenvalue weighted by molar-refractivity contribution is -0.140. The molecule has 3 aromatic carbocycles. The number of nitrogens with one attached hydrogen (secondary N) is 3. The molecule has 0 saturated heterocycles. The van der Waals surface area contributed by atoms with E-state index in [1.165, 1.54) is 12.1 Å². The maximum absolute atomic E-state index is 15.1. The van der Waals surface area contributed by atoms with Crippen LogP contribution >= 0.6 is 34.8 Å². The summed E-state index contributed by atoms with van der Waals surface area (Å²) in [4.78, 5) is 38.2. The summed E-state index contributed by atoms with van der Waals surface area (Å²) in [5, 5.41) is 9.84. The third-order valence-corrected chi connectivity index (χ3v) is 7.99. The van der Waals surface area contributed by atoms with Gasteiger partial charge < -0.3 is 20.5 Å². The molecule has 1 aliphatic carbocycles. The fourth-order valence-corrected chi connectivity index (χ4v) is 5.51. The van der Waals surface area contributed by atoms with Crippen LogP contribution in [0.2, 0.25) is 5.02 Å². The van der Waals surface area contributed by atoms with Crippen molar-refractivity contribution < 1.29 is 45.2 Å². The van der Waals surface area contributed by atoms with Gasteiger partial charge in [-0.25, -0.2) is 13.2 Å². The van der Waals surface area contributed by atoms with E-state index in [0.29, 0.717) is 12.1 Å². The van der Waals surface area contributed by atoms with Gasteiger partial charge in [-0.15, -0.1) is 23.2 Å². The maximum Gasteiger partial charge on any atom is 0.419 e. The molecular formula is C28H15Cl3F6N4O4. The van der Waals surface area contributed by atoms with E-state index in [1.54, 1.807) is 0 Å². The number of halogens is 9. The number of hydrogen-bond acceptors (Lipinski definition) is 5. The lowest BCUT2D eigenvalue weighted by Crippen LogP contribution is -2.19. The Kier molecular flexibility index (Phi) is 8.51. The van der Waals surface area contributed by atoms with Crippen LogP contribution in [0.5, 0.6) is 0 Å². The molecule has 3 amide bonds. The molecule has 1 aliphatic rings. The average molecular weight is 692 g/mol. The summed E-state index contributed by atoms with van der Waals surface area (Å²) < 4.78 is 85.5. The number of aromatic nitrogens is 1. The van der Waals surface area contributed by atoms with Gasteiger partial charge in [0.15, 0.2) is 11.5 Å². The highest BCUT2D eigenvalue weighted by molar-refractivity contribution is 6.53. The molecule has 4 aromatic rings. The van der Waals surface area contributed by atoms with E-state index in [9.17, 15) is 36.3 Å². The Morgan fingerprint density at radius 2 is 1.58 bits per heavy atom. The molecule has 234 valence electrons. The van der Waals surface area contributed by atoms with Crippen molar-refractivity contribution in [2.75, 3.05) is 16.0 Å². The van der Waals surface area contributed by atoms with Crippen molar-refractivity contribution >= 4 is 69.6 Å². The van der Waals surface area contributed by atoms with Crippen molar-refractivity contribution in [1.29, 1.82) is 0 Å². The summed E-state index contributed by atoms with van der Waals surface area (Å²) in [5.74, 6) is -9.24. The van der Waals surface area contributed by atoms with Crippen molar-refractivity contribution in [3.8, 4) is 0 Å². The first-order valence-electron chi connectivity index (χ1n) is 12.5. The minimum atomic E-state index is -5.00. The molecule has 0 radical (unpaired) electrons. The second kappa shape index (κ2) is 11.9. The topological polar surface area (TPSA) is 113 Å². The zero-order valence-corrected chi connectivity index (χ0v) is 24.2. The van der Waals surface area contributed by atoms with Crippen LogP contribution in [0.25, 0.3) is 0 Å². The number of anilines is 3. The van der Waals surface area contributed by atoms with E-state index in [2.05, 4.69) is 20.3 Å². The normalized spacial score (nSPS) is 17.0. The lowest BCUT2D eigenvalue weighted by Gasteiger charge is -2.13. The fraction of sp³-hybridized carbons (Fsp3) is 0.143. The second-order valence-electron chi connectivity index (χ2n) is 9.63. The molecule has 17 heteroatoms. The third-order valence-electron chi connectivity index (χ3n) is 6.72. The molecule has 0 aliphatic heterocycles. The third kappa shape index (κ3) is 6.44. The number of carbonyl (C=O) groups is 3. The zero-order chi connectivity index (χ0) is 32.8. The quantitative estimate of drug-likeness (QED) is 0.135. The van der Waals surface area contributed by atoms with E-state index in [1.807, 2.05) is 5.32 Å². The fourth-order valence-electron chi connectivity index (χ4n) is 4.48. The Bertz CT molecular complexity index is 1840. The number of rotatable bonds is 7. The standard InChI is InChI=1S/C28H15Cl3F6N4O4/c29-15-3-2-12(38-26(44)21-20(27(21,30)31)11-1-4-16(32)14(9-11)28(35,36)37)10-13(15)24(42)39-18-6-5-17(33)23(22(18)34)40-25(43)19-7-8-45-41-19/h1-10,20-21H,(H,38,44)(H,39,42)(H,40,43)/t20-,21+/m0/s1. The van der Waals surface area contributed by atoms with Crippen molar-refractivity contribution in [2.24, 2.45) is 5.92 Å². The molecule has 45 heavy (non-hydrogen) atoms. The molecule has 0 bridgehead atoms. The number of alkyl halides is 5. The van der Waals surface area contributed by atoms with Gasteiger partial charge in [-0.1, -0.05) is 22.8 Å². The van der Waals surface area contributed by atoms with Gasteiger partial charge in [-0.2, -0.15) is 13.2 Å². The van der Waals surface area contributed by atoms with Crippen LogP contribution in [0, 0.1) is 23.4 Å². The van der Waals surface area contributed by atoms with Gasteiger partial charge in [0.25, 0.3) is 11.8 Å². The molecule has 2 atom stereocenters. The van der Waals surface area contributed by atoms with Crippen LogP contribution in [0.4, 0.5) is 43.4 Å². The number of carbonyl (C=O) groups excluding carboxylic acids is 3. The molecule has 5 rings (SSSR count). The van der Waals surface area contributed by atoms with Crippen LogP contribution in [0.1, 0.15) is 37.9 Å². The van der Waals surface area contributed by atoms with E-state index < -0.39 is 74.5 Å². The molecule has 3 N–H and O–H groups in total. The average Bonchev–Trinajstić information content (AvgIpc) is 3.27.